The number of hydrogen-bond donors (Lipinski definition) is 0. The quantitative estimate of drug-likeness (QED) is 0.635. The summed E-state index contributed by atoms with van der Waals surface area (Å²) < 4.78 is 0.545. The van der Waals surface area contributed by atoms with Gasteiger partial charge in [-0.05, 0) is 34.3 Å². The Bertz CT molecular complexity index is 518. The Balaban J connectivity index is 3.34. The second-order valence-electron chi connectivity index (χ2n) is 3.54. The van der Waals surface area contributed by atoms with Gasteiger partial charge < -0.3 is 4.90 Å². The molecule has 0 saturated carbocycles. The Labute approximate surface area is 107 Å². The van der Waals surface area contributed by atoms with Crippen LogP contribution in [-0.4, -0.2) is 23.9 Å². The number of benzene rings is 1. The molecule has 0 aliphatic rings. The first-order valence-corrected chi connectivity index (χ1v) is 5.47. The molecule has 0 heterocycles. The monoisotopic (exact) mass is 295 g/mol. The highest BCUT2D eigenvalue weighted by molar-refractivity contribution is 9.10. The van der Waals surface area contributed by atoms with Crippen LogP contribution in [0.4, 0.5) is 5.69 Å². The molecular weight excluding hydrogens is 286 g/mol. The van der Waals surface area contributed by atoms with Crippen LogP contribution < -0.4 is 0 Å². The Hall–Kier alpha value is -1.87. The van der Waals surface area contributed by atoms with Crippen LogP contribution in [0.5, 0.6) is 0 Å². The molecule has 0 atom stereocenters. The van der Waals surface area contributed by atoms with Crippen molar-refractivity contribution in [3.63, 3.8) is 0 Å². The van der Waals surface area contributed by atoms with Gasteiger partial charge in [0.05, 0.1) is 16.1 Å². The van der Waals surface area contributed by atoms with Gasteiger partial charge in [0.2, 0.25) is 0 Å². The van der Waals surface area contributed by atoms with Crippen LogP contribution in [-0.2, 0) is 0 Å². The average molecular weight is 296 g/mol. The van der Waals surface area contributed by atoms with E-state index < -0.39 is 4.92 Å². The van der Waals surface area contributed by atoms with E-state index in [1.807, 2.05) is 20.2 Å². The second-order valence-corrected chi connectivity index (χ2v) is 4.39. The van der Waals surface area contributed by atoms with Gasteiger partial charge in [-0.15, -0.1) is 0 Å². The van der Waals surface area contributed by atoms with Gasteiger partial charge in [-0.3, -0.25) is 10.1 Å². The van der Waals surface area contributed by atoms with Crippen LogP contribution in [0.15, 0.2) is 22.8 Å². The molecule has 0 amide bonds. The molecule has 0 bridgehead atoms. The van der Waals surface area contributed by atoms with E-state index in [4.69, 9.17) is 5.26 Å². The van der Waals surface area contributed by atoms with E-state index in [1.54, 1.807) is 23.2 Å². The first-order chi connectivity index (χ1) is 7.95. The lowest BCUT2D eigenvalue weighted by atomic mass is 10.1. The highest BCUT2D eigenvalue weighted by Crippen LogP contribution is 2.27. The molecule has 6 heteroatoms. The normalized spacial score (nSPS) is 10.2. The summed E-state index contributed by atoms with van der Waals surface area (Å²) in [6, 6.07) is 4.73. The predicted octanol–water partition coefficient (Wildman–Crippen LogP) is 2.76. The molecule has 17 heavy (non-hydrogen) atoms. The topological polar surface area (TPSA) is 70.2 Å². The Kier molecular flexibility index (Phi) is 4.24. The number of nitriles is 1. The summed E-state index contributed by atoms with van der Waals surface area (Å²) in [6.45, 7) is 0. The number of hydrogen-bond acceptors (Lipinski definition) is 4. The van der Waals surface area contributed by atoms with Crippen molar-refractivity contribution in [3.8, 4) is 6.07 Å². The number of rotatable bonds is 3. The zero-order valence-corrected chi connectivity index (χ0v) is 10.9. The van der Waals surface area contributed by atoms with Crippen molar-refractivity contribution in [2.45, 2.75) is 0 Å². The standard InChI is InChI=1S/C11H10BrN3O2/c1-14(2)4-3-8-5-10(12)9(7-13)6-11(8)15(16)17/h3-6H,1-2H3/b4-3+. The molecule has 1 rings (SSSR count). The molecule has 5 nitrogen and oxygen atoms in total. The van der Waals surface area contributed by atoms with Crippen molar-refractivity contribution in [3.05, 3.63) is 44.0 Å². The van der Waals surface area contributed by atoms with Crippen molar-refractivity contribution in [2.75, 3.05) is 14.1 Å². The fourth-order valence-electron chi connectivity index (χ4n) is 1.18. The van der Waals surface area contributed by atoms with Gasteiger partial charge in [-0.25, -0.2) is 0 Å². The van der Waals surface area contributed by atoms with Gasteiger partial charge in [0.15, 0.2) is 0 Å². The minimum absolute atomic E-state index is 0.0807. The van der Waals surface area contributed by atoms with Crippen molar-refractivity contribution in [1.82, 2.24) is 4.90 Å². The lowest BCUT2D eigenvalue weighted by Crippen LogP contribution is -2.00. The zero-order valence-electron chi connectivity index (χ0n) is 9.35. The molecule has 0 radical (unpaired) electrons. The SMILES string of the molecule is CN(C)/C=C/c1cc(Br)c(C#N)cc1[N+](=O)[O-]. The largest absolute Gasteiger partial charge is 0.383 e. The predicted molar refractivity (Wildman–Crippen MR) is 68.2 cm³/mol. The van der Waals surface area contributed by atoms with Crippen LogP contribution in [0.2, 0.25) is 0 Å². The highest BCUT2D eigenvalue weighted by atomic mass is 79.9. The lowest BCUT2D eigenvalue weighted by Gasteiger charge is -2.04. The third-order valence-corrected chi connectivity index (χ3v) is 2.64. The van der Waals surface area contributed by atoms with Gasteiger partial charge in [0.25, 0.3) is 5.69 Å². The molecule has 1 aromatic carbocycles. The van der Waals surface area contributed by atoms with E-state index in [-0.39, 0.29) is 11.3 Å². The first-order valence-electron chi connectivity index (χ1n) is 4.68. The van der Waals surface area contributed by atoms with Gasteiger partial charge in [-0.1, -0.05) is 0 Å². The molecule has 0 spiro atoms. The van der Waals surface area contributed by atoms with E-state index in [0.29, 0.717) is 10.0 Å². The molecule has 0 aliphatic carbocycles. The maximum Gasteiger partial charge on any atom is 0.278 e. The lowest BCUT2D eigenvalue weighted by molar-refractivity contribution is -0.385. The number of nitro groups is 1. The van der Waals surface area contributed by atoms with Crippen molar-refractivity contribution in [2.24, 2.45) is 0 Å². The molecule has 0 aromatic heterocycles. The molecule has 0 unspecified atom stereocenters. The summed E-state index contributed by atoms with van der Waals surface area (Å²) in [6.07, 6.45) is 3.34. The fourth-order valence-corrected chi connectivity index (χ4v) is 1.63. The van der Waals surface area contributed by atoms with E-state index in [9.17, 15) is 10.1 Å². The maximum atomic E-state index is 10.9. The second kappa shape index (κ2) is 5.46. The molecule has 0 aliphatic heterocycles. The van der Waals surface area contributed by atoms with Crippen LogP contribution in [0, 0.1) is 21.4 Å². The van der Waals surface area contributed by atoms with Crippen molar-refractivity contribution in [1.29, 1.82) is 5.26 Å². The first kappa shape index (κ1) is 13.2. The molecule has 0 saturated heterocycles. The summed E-state index contributed by atoms with van der Waals surface area (Å²) in [5, 5.41) is 19.7. The van der Waals surface area contributed by atoms with Crippen LogP contribution in [0.3, 0.4) is 0 Å². The van der Waals surface area contributed by atoms with Gasteiger partial charge in [0.1, 0.15) is 6.07 Å². The van der Waals surface area contributed by atoms with E-state index in [0.717, 1.165) is 0 Å². The van der Waals surface area contributed by atoms with Gasteiger partial charge >= 0.3 is 0 Å². The van der Waals surface area contributed by atoms with E-state index >= 15 is 0 Å². The molecule has 1 aromatic rings. The Morgan fingerprint density at radius 1 is 1.53 bits per heavy atom. The van der Waals surface area contributed by atoms with Gasteiger partial charge in [-0.2, -0.15) is 5.26 Å². The molecule has 0 fully saturated rings. The third kappa shape index (κ3) is 3.29. The van der Waals surface area contributed by atoms with E-state index in [1.165, 1.54) is 6.07 Å². The molecule has 88 valence electrons. The van der Waals surface area contributed by atoms with Gasteiger partial charge in [0, 0.05) is 24.6 Å². The Morgan fingerprint density at radius 3 is 2.65 bits per heavy atom. The summed E-state index contributed by atoms with van der Waals surface area (Å²) in [5.74, 6) is 0. The number of nitro benzene ring substituents is 1. The minimum Gasteiger partial charge on any atom is -0.383 e. The fraction of sp³-hybridized carbons (Fsp3) is 0.182. The Morgan fingerprint density at radius 2 is 2.18 bits per heavy atom. The van der Waals surface area contributed by atoms with E-state index in [2.05, 4.69) is 15.9 Å². The average Bonchev–Trinajstić information content (AvgIpc) is 2.25. The summed E-state index contributed by atoms with van der Waals surface area (Å²) in [7, 11) is 3.64. The van der Waals surface area contributed by atoms with Crippen molar-refractivity contribution < 1.29 is 4.92 Å². The summed E-state index contributed by atoms with van der Waals surface area (Å²) in [5.41, 5.74) is 0.621. The van der Waals surface area contributed by atoms with Crippen LogP contribution in [0.25, 0.3) is 6.08 Å². The molecular formula is C11H10BrN3O2. The number of halogens is 1. The zero-order chi connectivity index (χ0) is 13.0. The molecule has 0 N–H and O–H groups in total. The van der Waals surface area contributed by atoms with Crippen LogP contribution in [0.1, 0.15) is 11.1 Å². The minimum atomic E-state index is -0.497. The third-order valence-electron chi connectivity index (χ3n) is 1.99. The summed E-state index contributed by atoms with van der Waals surface area (Å²) >= 11 is 3.21. The maximum absolute atomic E-state index is 10.9. The smallest absolute Gasteiger partial charge is 0.278 e. The van der Waals surface area contributed by atoms with Crippen molar-refractivity contribution >= 4 is 27.7 Å². The number of nitrogens with zero attached hydrogens (tertiary/aromatic N) is 3. The summed E-state index contributed by atoms with van der Waals surface area (Å²) in [4.78, 5) is 12.2. The highest BCUT2D eigenvalue weighted by Gasteiger charge is 2.15. The van der Waals surface area contributed by atoms with Crippen LogP contribution >= 0.6 is 15.9 Å².